The molecule has 0 atom stereocenters. The van der Waals surface area contributed by atoms with Crippen molar-refractivity contribution >= 4 is 15.9 Å². The summed E-state index contributed by atoms with van der Waals surface area (Å²) in [6.45, 7) is 4.21. The van der Waals surface area contributed by atoms with E-state index in [1.165, 1.54) is 18.1 Å². The van der Waals surface area contributed by atoms with Crippen LogP contribution in [0.3, 0.4) is 0 Å². The van der Waals surface area contributed by atoms with Crippen molar-refractivity contribution in [3.05, 3.63) is 34.1 Å². The van der Waals surface area contributed by atoms with E-state index < -0.39 is 0 Å². The average Bonchev–Trinajstić information content (AvgIpc) is 2.23. The Morgan fingerprint density at radius 2 is 2.13 bits per heavy atom. The lowest BCUT2D eigenvalue weighted by Gasteiger charge is -2.03. The molecule has 15 heavy (non-hydrogen) atoms. The van der Waals surface area contributed by atoms with E-state index in [9.17, 15) is 4.39 Å². The second-order valence-corrected chi connectivity index (χ2v) is 4.41. The lowest BCUT2D eigenvalue weighted by Crippen LogP contribution is -2.13. The van der Waals surface area contributed by atoms with Crippen molar-refractivity contribution in [2.75, 3.05) is 13.1 Å². The summed E-state index contributed by atoms with van der Waals surface area (Å²) >= 11 is 3.19. The molecule has 0 unspecified atom stereocenters. The van der Waals surface area contributed by atoms with Crippen molar-refractivity contribution in [2.24, 2.45) is 0 Å². The third-order valence-corrected chi connectivity index (χ3v) is 2.91. The van der Waals surface area contributed by atoms with Gasteiger partial charge in [0.05, 0.1) is 4.47 Å². The molecule has 0 aliphatic carbocycles. The highest BCUT2D eigenvalue weighted by Crippen LogP contribution is 2.17. The summed E-state index contributed by atoms with van der Waals surface area (Å²) in [6, 6.07) is 5.24. The van der Waals surface area contributed by atoms with Crippen LogP contribution in [-0.2, 0) is 6.42 Å². The monoisotopic (exact) mass is 273 g/mol. The third-order valence-electron chi connectivity index (χ3n) is 2.30. The lowest BCUT2D eigenvalue weighted by atomic mass is 10.1. The Morgan fingerprint density at radius 1 is 1.33 bits per heavy atom. The van der Waals surface area contributed by atoms with E-state index in [2.05, 4.69) is 28.2 Å². The Kier molecular flexibility index (Phi) is 5.88. The number of nitrogens with one attached hydrogen (secondary N) is 1. The van der Waals surface area contributed by atoms with Gasteiger partial charge >= 0.3 is 0 Å². The molecule has 0 fully saturated rings. The van der Waals surface area contributed by atoms with Crippen LogP contribution in [0.1, 0.15) is 25.3 Å². The van der Waals surface area contributed by atoms with Crippen molar-refractivity contribution in [3.63, 3.8) is 0 Å². The topological polar surface area (TPSA) is 12.0 Å². The van der Waals surface area contributed by atoms with Crippen molar-refractivity contribution in [2.45, 2.75) is 26.2 Å². The van der Waals surface area contributed by atoms with Crippen LogP contribution in [0.2, 0.25) is 0 Å². The Labute approximate surface area is 99.2 Å². The standard InChI is InChI=1S/C12H17BrFN/c1-2-15-8-4-3-5-10-6-7-12(14)11(13)9-10/h6-7,9,15H,2-5,8H2,1H3. The Balaban J connectivity index is 2.28. The Hall–Kier alpha value is -0.410. The van der Waals surface area contributed by atoms with Gasteiger partial charge in [0.25, 0.3) is 0 Å². The quantitative estimate of drug-likeness (QED) is 0.783. The van der Waals surface area contributed by atoms with Gasteiger partial charge in [-0.15, -0.1) is 0 Å². The number of hydrogen-bond donors (Lipinski definition) is 1. The van der Waals surface area contributed by atoms with E-state index in [1.54, 1.807) is 0 Å². The van der Waals surface area contributed by atoms with Gasteiger partial charge in [0, 0.05) is 0 Å². The number of benzene rings is 1. The molecule has 0 amide bonds. The molecule has 0 saturated carbocycles. The summed E-state index contributed by atoms with van der Waals surface area (Å²) in [4.78, 5) is 0. The van der Waals surface area contributed by atoms with Crippen LogP contribution in [0.15, 0.2) is 22.7 Å². The van der Waals surface area contributed by atoms with Gasteiger partial charge in [0.15, 0.2) is 0 Å². The maximum atomic E-state index is 12.9. The van der Waals surface area contributed by atoms with E-state index in [4.69, 9.17) is 0 Å². The molecule has 3 heteroatoms. The summed E-state index contributed by atoms with van der Waals surface area (Å²) in [5.74, 6) is -0.189. The minimum absolute atomic E-state index is 0.189. The molecule has 0 saturated heterocycles. The third kappa shape index (κ3) is 4.76. The molecule has 0 aliphatic heterocycles. The average molecular weight is 274 g/mol. The zero-order chi connectivity index (χ0) is 11.1. The maximum Gasteiger partial charge on any atom is 0.137 e. The van der Waals surface area contributed by atoms with Gasteiger partial charge in [-0.3, -0.25) is 0 Å². The molecular formula is C12H17BrFN. The first-order valence-corrected chi connectivity index (χ1v) is 6.18. The zero-order valence-electron chi connectivity index (χ0n) is 9.02. The molecule has 0 aliphatic rings. The van der Waals surface area contributed by atoms with Gasteiger partial charge in [-0.2, -0.15) is 0 Å². The van der Waals surface area contributed by atoms with Crippen LogP contribution in [0.5, 0.6) is 0 Å². The Bertz CT molecular complexity index is 302. The molecule has 1 aromatic carbocycles. The molecule has 0 heterocycles. The molecule has 0 bridgehead atoms. The second-order valence-electron chi connectivity index (χ2n) is 3.56. The van der Waals surface area contributed by atoms with Gasteiger partial charge in [-0.1, -0.05) is 13.0 Å². The fourth-order valence-corrected chi connectivity index (χ4v) is 1.88. The molecular weight excluding hydrogens is 257 g/mol. The number of aryl methyl sites for hydroxylation is 1. The van der Waals surface area contributed by atoms with Gasteiger partial charge in [0.2, 0.25) is 0 Å². The number of unbranched alkanes of at least 4 members (excludes halogenated alkanes) is 1. The number of rotatable bonds is 6. The van der Waals surface area contributed by atoms with Gasteiger partial charge in [-0.25, -0.2) is 4.39 Å². The second kappa shape index (κ2) is 6.96. The van der Waals surface area contributed by atoms with Crippen LogP contribution in [-0.4, -0.2) is 13.1 Å². The molecule has 1 aromatic rings. The molecule has 1 N–H and O–H groups in total. The molecule has 0 spiro atoms. The fourth-order valence-electron chi connectivity index (χ4n) is 1.45. The fraction of sp³-hybridized carbons (Fsp3) is 0.500. The van der Waals surface area contributed by atoms with E-state index in [0.29, 0.717) is 4.47 Å². The van der Waals surface area contributed by atoms with Crippen molar-refractivity contribution in [1.29, 1.82) is 0 Å². The summed E-state index contributed by atoms with van der Waals surface area (Å²) < 4.78 is 13.5. The maximum absolute atomic E-state index is 12.9. The summed E-state index contributed by atoms with van der Waals surface area (Å²) in [5.41, 5.74) is 1.19. The van der Waals surface area contributed by atoms with Crippen molar-refractivity contribution < 1.29 is 4.39 Å². The van der Waals surface area contributed by atoms with Crippen molar-refractivity contribution in [3.8, 4) is 0 Å². The Morgan fingerprint density at radius 3 is 2.80 bits per heavy atom. The highest BCUT2D eigenvalue weighted by atomic mass is 79.9. The molecule has 0 radical (unpaired) electrons. The van der Waals surface area contributed by atoms with Gasteiger partial charge in [-0.05, 0) is 66.0 Å². The normalized spacial score (nSPS) is 10.6. The predicted molar refractivity (Wildman–Crippen MR) is 65.6 cm³/mol. The van der Waals surface area contributed by atoms with E-state index in [1.807, 2.05) is 12.1 Å². The summed E-state index contributed by atoms with van der Waals surface area (Å²) in [5, 5.41) is 3.29. The summed E-state index contributed by atoms with van der Waals surface area (Å²) in [6.07, 6.45) is 3.33. The molecule has 0 aromatic heterocycles. The van der Waals surface area contributed by atoms with E-state index >= 15 is 0 Å². The predicted octanol–water partition coefficient (Wildman–Crippen LogP) is 3.52. The highest BCUT2D eigenvalue weighted by Gasteiger charge is 2.00. The van der Waals surface area contributed by atoms with Crippen LogP contribution in [0, 0.1) is 5.82 Å². The first-order chi connectivity index (χ1) is 7.24. The molecule has 1 nitrogen and oxygen atoms in total. The number of halogens is 2. The van der Waals surface area contributed by atoms with Crippen LogP contribution in [0.25, 0.3) is 0 Å². The lowest BCUT2D eigenvalue weighted by molar-refractivity contribution is 0.617. The van der Waals surface area contributed by atoms with Gasteiger partial charge < -0.3 is 5.32 Å². The SMILES string of the molecule is CCNCCCCc1ccc(F)c(Br)c1. The highest BCUT2D eigenvalue weighted by molar-refractivity contribution is 9.10. The largest absolute Gasteiger partial charge is 0.317 e. The van der Waals surface area contributed by atoms with E-state index in [0.717, 1.165) is 25.9 Å². The van der Waals surface area contributed by atoms with Crippen LogP contribution in [0.4, 0.5) is 4.39 Å². The molecule has 1 rings (SSSR count). The minimum Gasteiger partial charge on any atom is -0.317 e. The molecule has 84 valence electrons. The summed E-state index contributed by atoms with van der Waals surface area (Å²) in [7, 11) is 0. The number of hydrogen-bond acceptors (Lipinski definition) is 1. The van der Waals surface area contributed by atoms with Gasteiger partial charge in [0.1, 0.15) is 5.82 Å². The smallest absolute Gasteiger partial charge is 0.137 e. The first kappa shape index (κ1) is 12.7. The first-order valence-electron chi connectivity index (χ1n) is 5.38. The minimum atomic E-state index is -0.189. The van der Waals surface area contributed by atoms with E-state index in [-0.39, 0.29) is 5.82 Å². The van der Waals surface area contributed by atoms with Crippen molar-refractivity contribution in [1.82, 2.24) is 5.32 Å². The van der Waals surface area contributed by atoms with Crippen LogP contribution < -0.4 is 5.32 Å². The van der Waals surface area contributed by atoms with Crippen LogP contribution >= 0.6 is 15.9 Å². The zero-order valence-corrected chi connectivity index (χ0v) is 10.6.